The highest BCUT2D eigenvalue weighted by Gasteiger charge is 2.31. The van der Waals surface area contributed by atoms with E-state index in [2.05, 4.69) is 32.6 Å². The quantitative estimate of drug-likeness (QED) is 0.527. The summed E-state index contributed by atoms with van der Waals surface area (Å²) >= 11 is 3.06. The van der Waals surface area contributed by atoms with Crippen LogP contribution >= 0.6 is 15.9 Å². The highest BCUT2D eigenvalue weighted by molar-refractivity contribution is 9.10. The van der Waals surface area contributed by atoms with Gasteiger partial charge in [0.05, 0.1) is 17.7 Å². The van der Waals surface area contributed by atoms with Crippen LogP contribution in [0.4, 0.5) is 13.2 Å². The number of hydrogen-bond donors (Lipinski definition) is 1. The highest BCUT2D eigenvalue weighted by atomic mass is 79.9. The van der Waals surface area contributed by atoms with Crippen molar-refractivity contribution in [2.24, 2.45) is 0 Å². The topological polar surface area (TPSA) is 30.5 Å². The summed E-state index contributed by atoms with van der Waals surface area (Å²) in [6, 6.07) is 4.46. The van der Waals surface area contributed by atoms with E-state index in [1.807, 2.05) is 0 Å². The standard InChI is InChI=1S/C14H17BrF3NO2/c1-2-3-7-20-8-6-19-10-11-4-5-13(12(15)9-11)21-14(16,17)18/h2,4-5,9,19H,1,3,6-8,10H2. The second-order valence-electron chi connectivity index (χ2n) is 4.18. The van der Waals surface area contributed by atoms with Crippen LogP contribution in [0.3, 0.4) is 0 Å². The molecule has 0 amide bonds. The zero-order valence-electron chi connectivity index (χ0n) is 11.4. The van der Waals surface area contributed by atoms with E-state index < -0.39 is 6.36 Å². The Morgan fingerprint density at radius 2 is 2.05 bits per heavy atom. The van der Waals surface area contributed by atoms with E-state index in [0.29, 0.717) is 26.3 Å². The average Bonchev–Trinajstić information content (AvgIpc) is 2.39. The molecule has 0 radical (unpaired) electrons. The zero-order chi connectivity index (χ0) is 15.7. The minimum Gasteiger partial charge on any atom is -0.405 e. The number of alkyl halides is 3. The van der Waals surface area contributed by atoms with Crippen LogP contribution in [0.2, 0.25) is 0 Å². The Balaban J connectivity index is 2.33. The van der Waals surface area contributed by atoms with Crippen molar-refractivity contribution in [2.75, 3.05) is 19.8 Å². The van der Waals surface area contributed by atoms with Crippen molar-refractivity contribution < 1.29 is 22.6 Å². The maximum Gasteiger partial charge on any atom is 0.573 e. The summed E-state index contributed by atoms with van der Waals surface area (Å²) in [5.41, 5.74) is 0.850. The SMILES string of the molecule is C=CCCOCCNCc1ccc(OC(F)(F)F)c(Br)c1. The van der Waals surface area contributed by atoms with E-state index in [4.69, 9.17) is 4.74 Å². The van der Waals surface area contributed by atoms with E-state index in [1.165, 1.54) is 6.07 Å². The lowest BCUT2D eigenvalue weighted by Crippen LogP contribution is -2.20. The molecule has 3 nitrogen and oxygen atoms in total. The molecule has 0 aliphatic heterocycles. The van der Waals surface area contributed by atoms with E-state index in [9.17, 15) is 13.2 Å². The Morgan fingerprint density at radius 3 is 2.67 bits per heavy atom. The molecule has 0 heterocycles. The highest BCUT2D eigenvalue weighted by Crippen LogP contribution is 2.30. The van der Waals surface area contributed by atoms with Crippen LogP contribution in [-0.4, -0.2) is 26.1 Å². The van der Waals surface area contributed by atoms with Crippen LogP contribution in [0.1, 0.15) is 12.0 Å². The molecule has 0 aromatic heterocycles. The second kappa shape index (κ2) is 9.07. The number of benzene rings is 1. The molecule has 1 N–H and O–H groups in total. The van der Waals surface area contributed by atoms with Crippen LogP contribution in [0.5, 0.6) is 5.75 Å². The van der Waals surface area contributed by atoms with Crippen molar-refractivity contribution in [3.8, 4) is 5.75 Å². The number of nitrogens with one attached hydrogen (secondary N) is 1. The van der Waals surface area contributed by atoms with Gasteiger partial charge in [0.2, 0.25) is 0 Å². The summed E-state index contributed by atoms with van der Waals surface area (Å²) in [6.45, 7) is 6.00. The van der Waals surface area contributed by atoms with Crippen LogP contribution in [0, 0.1) is 0 Å². The molecule has 0 bridgehead atoms. The number of rotatable bonds is 9. The van der Waals surface area contributed by atoms with E-state index in [0.717, 1.165) is 12.0 Å². The molecular weight excluding hydrogens is 351 g/mol. The third-order valence-electron chi connectivity index (χ3n) is 2.44. The summed E-state index contributed by atoms with van der Waals surface area (Å²) in [6.07, 6.45) is -2.09. The van der Waals surface area contributed by atoms with Gasteiger partial charge in [-0.3, -0.25) is 0 Å². The number of ether oxygens (including phenoxy) is 2. The maximum atomic E-state index is 12.1. The molecule has 1 aromatic carbocycles. The minimum atomic E-state index is -4.69. The Labute approximate surface area is 130 Å². The molecular formula is C14H17BrF3NO2. The second-order valence-corrected chi connectivity index (χ2v) is 5.03. The van der Waals surface area contributed by atoms with Crippen molar-refractivity contribution in [3.63, 3.8) is 0 Å². The summed E-state index contributed by atoms with van der Waals surface area (Å²) in [5, 5.41) is 3.14. The fraction of sp³-hybridized carbons (Fsp3) is 0.429. The predicted molar refractivity (Wildman–Crippen MR) is 78.2 cm³/mol. The fourth-order valence-electron chi connectivity index (χ4n) is 1.51. The normalized spacial score (nSPS) is 11.4. The van der Waals surface area contributed by atoms with Gasteiger partial charge in [-0.05, 0) is 40.0 Å². The van der Waals surface area contributed by atoms with Gasteiger partial charge in [0.1, 0.15) is 5.75 Å². The molecule has 0 aliphatic carbocycles. The molecule has 21 heavy (non-hydrogen) atoms. The van der Waals surface area contributed by atoms with Gasteiger partial charge in [0.15, 0.2) is 0 Å². The largest absolute Gasteiger partial charge is 0.573 e. The first-order valence-electron chi connectivity index (χ1n) is 6.36. The molecule has 1 rings (SSSR count). The smallest absolute Gasteiger partial charge is 0.405 e. The van der Waals surface area contributed by atoms with Gasteiger partial charge in [0.25, 0.3) is 0 Å². The molecule has 0 fully saturated rings. The van der Waals surface area contributed by atoms with Crippen molar-refractivity contribution in [1.82, 2.24) is 5.32 Å². The molecule has 118 valence electrons. The van der Waals surface area contributed by atoms with Gasteiger partial charge in [-0.15, -0.1) is 19.8 Å². The van der Waals surface area contributed by atoms with E-state index >= 15 is 0 Å². The number of halogens is 4. The van der Waals surface area contributed by atoms with Crippen LogP contribution < -0.4 is 10.1 Å². The van der Waals surface area contributed by atoms with Crippen LogP contribution in [-0.2, 0) is 11.3 Å². The minimum absolute atomic E-state index is 0.251. The molecule has 0 saturated heterocycles. The van der Waals surface area contributed by atoms with Gasteiger partial charge < -0.3 is 14.8 Å². The summed E-state index contributed by atoms with van der Waals surface area (Å²) in [7, 11) is 0. The Kier molecular flexibility index (Phi) is 7.77. The van der Waals surface area contributed by atoms with Gasteiger partial charge in [0, 0.05) is 13.1 Å². The molecule has 0 saturated carbocycles. The lowest BCUT2D eigenvalue weighted by atomic mass is 10.2. The molecule has 1 aromatic rings. The average molecular weight is 368 g/mol. The van der Waals surface area contributed by atoms with Crippen molar-refractivity contribution in [1.29, 1.82) is 0 Å². The first kappa shape index (κ1) is 18.0. The number of hydrogen-bond acceptors (Lipinski definition) is 3. The predicted octanol–water partition coefficient (Wildman–Crippen LogP) is 4.03. The molecule has 0 aliphatic rings. The van der Waals surface area contributed by atoms with Crippen LogP contribution in [0.15, 0.2) is 35.3 Å². The van der Waals surface area contributed by atoms with Crippen LogP contribution in [0.25, 0.3) is 0 Å². The summed E-state index contributed by atoms with van der Waals surface area (Å²) in [4.78, 5) is 0. The summed E-state index contributed by atoms with van der Waals surface area (Å²) in [5.74, 6) is -0.251. The van der Waals surface area contributed by atoms with Crippen molar-refractivity contribution in [2.45, 2.75) is 19.3 Å². The van der Waals surface area contributed by atoms with Gasteiger partial charge in [-0.1, -0.05) is 12.1 Å². The molecule has 0 unspecified atom stereocenters. The zero-order valence-corrected chi connectivity index (χ0v) is 13.0. The Morgan fingerprint density at radius 1 is 1.29 bits per heavy atom. The molecule has 7 heteroatoms. The van der Waals surface area contributed by atoms with Crippen molar-refractivity contribution in [3.05, 3.63) is 40.9 Å². The third-order valence-corrected chi connectivity index (χ3v) is 3.06. The fourth-order valence-corrected chi connectivity index (χ4v) is 2.01. The monoisotopic (exact) mass is 367 g/mol. The lowest BCUT2D eigenvalue weighted by Gasteiger charge is -2.12. The first-order chi connectivity index (χ1) is 9.92. The van der Waals surface area contributed by atoms with Gasteiger partial charge >= 0.3 is 6.36 Å². The molecule has 0 spiro atoms. The first-order valence-corrected chi connectivity index (χ1v) is 7.15. The molecule has 0 atom stereocenters. The summed E-state index contributed by atoms with van der Waals surface area (Å²) < 4.78 is 45.8. The maximum absolute atomic E-state index is 12.1. The van der Waals surface area contributed by atoms with E-state index in [-0.39, 0.29) is 10.2 Å². The lowest BCUT2D eigenvalue weighted by molar-refractivity contribution is -0.274. The Bertz CT molecular complexity index is 452. The Hall–Kier alpha value is -1.05. The van der Waals surface area contributed by atoms with E-state index in [1.54, 1.807) is 18.2 Å². The van der Waals surface area contributed by atoms with Crippen molar-refractivity contribution >= 4 is 15.9 Å². The third kappa shape index (κ3) is 8.08. The van der Waals surface area contributed by atoms with Gasteiger partial charge in [-0.2, -0.15) is 0 Å². The van der Waals surface area contributed by atoms with Gasteiger partial charge in [-0.25, -0.2) is 0 Å².